The van der Waals surface area contributed by atoms with Crippen LogP contribution in [-0.4, -0.2) is 39.1 Å². The molecule has 1 aliphatic heterocycles. The van der Waals surface area contributed by atoms with Crippen LogP contribution >= 0.6 is 0 Å². The van der Waals surface area contributed by atoms with E-state index in [1.165, 1.54) is 24.1 Å². The normalized spacial score (nSPS) is 18.7. The van der Waals surface area contributed by atoms with Gasteiger partial charge < -0.3 is 10.2 Å². The third-order valence-corrected chi connectivity index (χ3v) is 4.53. The van der Waals surface area contributed by atoms with Crippen molar-refractivity contribution in [3.63, 3.8) is 0 Å². The zero-order valence-electron chi connectivity index (χ0n) is 13.6. The van der Waals surface area contributed by atoms with E-state index in [0.29, 0.717) is 6.04 Å². The van der Waals surface area contributed by atoms with Crippen LogP contribution in [-0.2, 0) is 13.6 Å². The summed E-state index contributed by atoms with van der Waals surface area (Å²) < 4.78 is 1.96. The lowest BCUT2D eigenvalue weighted by Gasteiger charge is -2.33. The van der Waals surface area contributed by atoms with Gasteiger partial charge in [0.1, 0.15) is 0 Å². The Bertz CT molecular complexity index is 621. The summed E-state index contributed by atoms with van der Waals surface area (Å²) in [5.74, 6) is 0.975. The van der Waals surface area contributed by atoms with Crippen LogP contribution in [0.15, 0.2) is 18.3 Å². The average molecular weight is 300 g/mol. The number of nitrogens with one attached hydrogen (secondary N) is 1. The molecule has 6 nitrogen and oxygen atoms in total. The predicted molar refractivity (Wildman–Crippen MR) is 86.8 cm³/mol. The molecule has 6 heteroatoms. The lowest BCUT2D eigenvalue weighted by Crippen LogP contribution is -2.45. The summed E-state index contributed by atoms with van der Waals surface area (Å²) in [6.45, 7) is 7.13. The van der Waals surface area contributed by atoms with Crippen molar-refractivity contribution in [2.24, 2.45) is 7.05 Å². The number of anilines is 1. The van der Waals surface area contributed by atoms with E-state index < -0.39 is 0 Å². The summed E-state index contributed by atoms with van der Waals surface area (Å²) in [6.07, 6.45) is 4.10. The molecule has 3 heterocycles. The standard InChI is InChI=1S/C16H24N6/c1-12-15(13(2)21(3)20-12)10-17-14-6-5-9-22(11-14)16-7-4-8-18-19-16/h4,7-8,14,17H,5-6,9-11H2,1-3H3/t14-/m0/s1. The average Bonchev–Trinajstić information content (AvgIpc) is 2.79. The maximum absolute atomic E-state index is 4.48. The molecule has 1 aliphatic rings. The number of nitrogens with zero attached hydrogens (tertiary/aromatic N) is 5. The van der Waals surface area contributed by atoms with Crippen LogP contribution in [0.3, 0.4) is 0 Å². The fourth-order valence-electron chi connectivity index (χ4n) is 3.13. The molecular formula is C16H24N6. The van der Waals surface area contributed by atoms with Gasteiger partial charge in [0.15, 0.2) is 5.82 Å². The van der Waals surface area contributed by atoms with Gasteiger partial charge in [0, 0.05) is 50.2 Å². The molecule has 118 valence electrons. The summed E-state index contributed by atoms with van der Waals surface area (Å²) in [5, 5.41) is 16.4. The van der Waals surface area contributed by atoms with Crippen molar-refractivity contribution in [2.45, 2.75) is 39.3 Å². The minimum absolute atomic E-state index is 0.481. The highest BCUT2D eigenvalue weighted by atomic mass is 15.3. The van der Waals surface area contributed by atoms with Gasteiger partial charge in [-0.15, -0.1) is 5.10 Å². The zero-order chi connectivity index (χ0) is 15.5. The Kier molecular flexibility index (Phi) is 4.38. The monoisotopic (exact) mass is 300 g/mol. The van der Waals surface area contributed by atoms with Crippen molar-refractivity contribution in [3.05, 3.63) is 35.3 Å². The highest BCUT2D eigenvalue weighted by Gasteiger charge is 2.21. The summed E-state index contributed by atoms with van der Waals surface area (Å²) in [7, 11) is 2.00. The first-order valence-corrected chi connectivity index (χ1v) is 7.90. The first-order chi connectivity index (χ1) is 10.6. The molecule has 2 aromatic rings. The van der Waals surface area contributed by atoms with Crippen LogP contribution in [0.2, 0.25) is 0 Å². The zero-order valence-corrected chi connectivity index (χ0v) is 13.6. The topological polar surface area (TPSA) is 58.9 Å². The predicted octanol–water partition coefficient (Wildman–Crippen LogP) is 1.59. The minimum atomic E-state index is 0.481. The van der Waals surface area contributed by atoms with Gasteiger partial charge in [-0.1, -0.05) is 0 Å². The SMILES string of the molecule is Cc1nn(C)c(C)c1CN[C@H]1CCCN(c2cccnn2)C1. The van der Waals surface area contributed by atoms with Crippen LogP contribution in [0.4, 0.5) is 5.82 Å². The Morgan fingerprint density at radius 1 is 1.36 bits per heavy atom. The molecular weight excluding hydrogens is 276 g/mol. The Balaban J connectivity index is 1.61. The summed E-state index contributed by atoms with van der Waals surface area (Å²) >= 11 is 0. The molecule has 0 spiro atoms. The van der Waals surface area contributed by atoms with Crippen molar-refractivity contribution < 1.29 is 0 Å². The molecule has 0 aromatic carbocycles. The quantitative estimate of drug-likeness (QED) is 0.929. The molecule has 0 radical (unpaired) electrons. The number of aryl methyl sites for hydroxylation is 2. The van der Waals surface area contributed by atoms with Crippen molar-refractivity contribution in [1.29, 1.82) is 0 Å². The van der Waals surface area contributed by atoms with Gasteiger partial charge in [0.2, 0.25) is 0 Å². The molecule has 22 heavy (non-hydrogen) atoms. The van der Waals surface area contributed by atoms with E-state index in [-0.39, 0.29) is 0 Å². The first kappa shape index (κ1) is 15.0. The summed E-state index contributed by atoms with van der Waals surface area (Å²) in [5.41, 5.74) is 3.68. The van der Waals surface area contributed by atoms with Crippen molar-refractivity contribution >= 4 is 5.82 Å². The van der Waals surface area contributed by atoms with Crippen LogP contribution in [0.1, 0.15) is 29.8 Å². The highest BCUT2D eigenvalue weighted by Crippen LogP contribution is 2.18. The largest absolute Gasteiger partial charge is 0.354 e. The van der Waals surface area contributed by atoms with Gasteiger partial charge in [-0.2, -0.15) is 10.2 Å². The molecule has 3 rings (SSSR count). The molecule has 0 bridgehead atoms. The fraction of sp³-hybridized carbons (Fsp3) is 0.562. The second kappa shape index (κ2) is 6.44. The van der Waals surface area contributed by atoms with Crippen LogP contribution < -0.4 is 10.2 Å². The molecule has 1 N–H and O–H groups in total. The summed E-state index contributed by atoms with van der Waals surface area (Å²) in [6, 6.07) is 4.46. The van der Waals surface area contributed by atoms with Gasteiger partial charge in [-0.3, -0.25) is 4.68 Å². The Labute approximate surface area is 131 Å². The summed E-state index contributed by atoms with van der Waals surface area (Å²) in [4.78, 5) is 2.32. The van der Waals surface area contributed by atoms with Gasteiger partial charge >= 0.3 is 0 Å². The Morgan fingerprint density at radius 2 is 2.23 bits per heavy atom. The highest BCUT2D eigenvalue weighted by molar-refractivity contribution is 5.37. The lowest BCUT2D eigenvalue weighted by molar-refractivity contribution is 0.418. The van der Waals surface area contributed by atoms with E-state index in [4.69, 9.17) is 0 Å². The number of hydrogen-bond acceptors (Lipinski definition) is 5. The van der Waals surface area contributed by atoms with E-state index in [9.17, 15) is 0 Å². The maximum Gasteiger partial charge on any atom is 0.151 e. The van der Waals surface area contributed by atoms with Gasteiger partial charge in [0.05, 0.1) is 5.69 Å². The molecule has 0 saturated carbocycles. The van der Waals surface area contributed by atoms with Crippen molar-refractivity contribution in [2.75, 3.05) is 18.0 Å². The lowest BCUT2D eigenvalue weighted by atomic mass is 10.0. The fourth-order valence-corrected chi connectivity index (χ4v) is 3.13. The van der Waals surface area contributed by atoms with E-state index >= 15 is 0 Å². The maximum atomic E-state index is 4.48. The third-order valence-electron chi connectivity index (χ3n) is 4.53. The number of hydrogen-bond donors (Lipinski definition) is 1. The minimum Gasteiger partial charge on any atom is -0.354 e. The molecule has 0 unspecified atom stereocenters. The van der Waals surface area contributed by atoms with E-state index in [1.807, 2.05) is 23.9 Å². The molecule has 1 saturated heterocycles. The van der Waals surface area contributed by atoms with E-state index in [0.717, 1.165) is 31.1 Å². The molecule has 0 amide bonds. The second-order valence-corrected chi connectivity index (χ2v) is 6.02. The Morgan fingerprint density at radius 3 is 2.91 bits per heavy atom. The van der Waals surface area contributed by atoms with E-state index in [1.54, 1.807) is 6.20 Å². The van der Waals surface area contributed by atoms with Crippen LogP contribution in [0, 0.1) is 13.8 Å². The molecule has 0 aliphatic carbocycles. The van der Waals surface area contributed by atoms with Crippen molar-refractivity contribution in [3.8, 4) is 0 Å². The molecule has 2 aromatic heterocycles. The van der Waals surface area contributed by atoms with Gasteiger partial charge in [-0.05, 0) is 38.8 Å². The van der Waals surface area contributed by atoms with Gasteiger partial charge in [-0.25, -0.2) is 0 Å². The molecule has 1 atom stereocenters. The number of piperidine rings is 1. The Hall–Kier alpha value is -1.95. The third kappa shape index (κ3) is 3.11. The van der Waals surface area contributed by atoms with E-state index in [2.05, 4.69) is 39.4 Å². The first-order valence-electron chi connectivity index (χ1n) is 7.90. The van der Waals surface area contributed by atoms with Crippen molar-refractivity contribution in [1.82, 2.24) is 25.3 Å². The van der Waals surface area contributed by atoms with Crippen LogP contribution in [0.5, 0.6) is 0 Å². The number of aromatic nitrogens is 4. The number of rotatable bonds is 4. The molecule has 1 fully saturated rings. The smallest absolute Gasteiger partial charge is 0.151 e. The second-order valence-electron chi connectivity index (χ2n) is 6.02. The van der Waals surface area contributed by atoms with Crippen LogP contribution in [0.25, 0.3) is 0 Å². The van der Waals surface area contributed by atoms with Gasteiger partial charge in [0.25, 0.3) is 0 Å².